The lowest BCUT2D eigenvalue weighted by Gasteiger charge is -2.36. The lowest BCUT2D eigenvalue weighted by atomic mass is 10.2. The molecule has 0 amide bonds. The summed E-state index contributed by atoms with van der Waals surface area (Å²) in [7, 11) is -2.12. The maximum absolute atomic E-state index is 11.8. The Morgan fingerprint density at radius 3 is 2.20 bits per heavy atom. The monoisotopic (exact) mass is 298 g/mol. The van der Waals surface area contributed by atoms with E-state index in [4.69, 9.17) is 14.7 Å². The second-order valence-corrected chi connectivity index (χ2v) is 10.7. The summed E-state index contributed by atoms with van der Waals surface area (Å²) in [5.41, 5.74) is 8.93. The van der Waals surface area contributed by atoms with Gasteiger partial charge in [-0.1, -0.05) is 27.7 Å². The van der Waals surface area contributed by atoms with Gasteiger partial charge >= 0.3 is 11.7 Å². The number of nitrogens with zero attached hydrogens (tertiary/aromatic N) is 2. The summed E-state index contributed by atoms with van der Waals surface area (Å²) in [5, 5.41) is -0.0188. The predicted molar refractivity (Wildman–Crippen MR) is 81.9 cm³/mol. The van der Waals surface area contributed by atoms with Crippen LogP contribution in [0.3, 0.4) is 0 Å². The number of esters is 1. The molecule has 0 saturated carbocycles. The second-order valence-electron chi connectivity index (χ2n) is 6.01. The molecule has 0 aliphatic rings. The minimum absolute atomic E-state index is 0.0188. The van der Waals surface area contributed by atoms with Gasteiger partial charge in [-0.05, 0) is 37.6 Å². The van der Waals surface area contributed by atoms with Gasteiger partial charge in [-0.25, -0.2) is 4.79 Å². The number of carbonyl (C=O) groups excluding carboxylic acids is 1. The Morgan fingerprint density at radius 1 is 1.30 bits per heavy atom. The third-order valence-corrected chi connectivity index (χ3v) is 7.71. The van der Waals surface area contributed by atoms with Crippen LogP contribution >= 0.6 is 0 Å². The molecule has 0 unspecified atom stereocenters. The van der Waals surface area contributed by atoms with Gasteiger partial charge in [0.25, 0.3) is 8.32 Å². The molecule has 0 bridgehead atoms. The fourth-order valence-corrected chi connectivity index (χ4v) is 2.23. The summed E-state index contributed by atoms with van der Waals surface area (Å²) in [6.07, 6.45) is 2.41. The first kappa shape index (κ1) is 18.6. The third kappa shape index (κ3) is 4.94. The molecule has 0 aliphatic heterocycles. The Labute approximate surface area is 122 Å². The summed E-state index contributed by atoms with van der Waals surface area (Å²) in [6.45, 7) is 14.3. The SMILES string of the molecule is CC/C=C(\O[Si](C)(C)C(C)(C)C)C(=[N+]=[N-])C(=O)OCC. The van der Waals surface area contributed by atoms with Crippen molar-refractivity contribution < 1.29 is 18.7 Å². The maximum Gasteiger partial charge on any atom is 0.438 e. The first-order valence-corrected chi connectivity index (χ1v) is 9.80. The first-order chi connectivity index (χ1) is 9.10. The van der Waals surface area contributed by atoms with Crippen LogP contribution in [0, 0.1) is 0 Å². The normalized spacial score (nSPS) is 12.7. The van der Waals surface area contributed by atoms with Crippen LogP contribution < -0.4 is 0 Å². The molecule has 0 atom stereocenters. The Balaban J connectivity index is 5.44. The van der Waals surface area contributed by atoms with Crippen molar-refractivity contribution in [2.24, 2.45) is 0 Å². The number of allylic oxidation sites excluding steroid dienone is 1. The van der Waals surface area contributed by atoms with Crippen LogP contribution in [0.1, 0.15) is 41.0 Å². The Kier molecular flexibility index (Phi) is 6.89. The minimum Gasteiger partial charge on any atom is -0.538 e. The molecule has 20 heavy (non-hydrogen) atoms. The minimum atomic E-state index is -2.12. The maximum atomic E-state index is 11.8. The average molecular weight is 298 g/mol. The van der Waals surface area contributed by atoms with Crippen molar-refractivity contribution in [2.45, 2.75) is 59.2 Å². The standard InChI is InChI=1S/C14H26N2O3Si/c1-8-10-11(12(16-15)13(17)18-9-2)19-20(6,7)14(3,4)5/h10H,8-9H2,1-7H3/b11-10-. The van der Waals surface area contributed by atoms with Gasteiger partial charge in [-0.3, -0.25) is 0 Å². The quantitative estimate of drug-likeness (QED) is 0.188. The molecular formula is C14H26N2O3Si. The molecule has 6 heteroatoms. The largest absolute Gasteiger partial charge is 0.538 e. The fourth-order valence-electron chi connectivity index (χ4n) is 1.19. The highest BCUT2D eigenvalue weighted by molar-refractivity contribution is 6.74. The van der Waals surface area contributed by atoms with Crippen molar-refractivity contribution in [3.8, 4) is 0 Å². The van der Waals surface area contributed by atoms with Crippen molar-refractivity contribution in [1.82, 2.24) is 0 Å². The van der Waals surface area contributed by atoms with Gasteiger partial charge in [-0.2, -0.15) is 4.79 Å². The van der Waals surface area contributed by atoms with E-state index in [1.165, 1.54) is 0 Å². The van der Waals surface area contributed by atoms with Crippen LogP contribution in [0.25, 0.3) is 5.53 Å². The van der Waals surface area contributed by atoms with E-state index in [2.05, 4.69) is 38.7 Å². The number of ether oxygens (including phenoxy) is 1. The number of hydrogen-bond donors (Lipinski definition) is 0. The zero-order chi connectivity index (χ0) is 16.0. The van der Waals surface area contributed by atoms with Crippen molar-refractivity contribution in [3.63, 3.8) is 0 Å². The van der Waals surface area contributed by atoms with Gasteiger partial charge in [0.05, 0.1) is 6.61 Å². The van der Waals surface area contributed by atoms with Gasteiger partial charge in [0.1, 0.15) is 0 Å². The molecule has 0 saturated heterocycles. The third-order valence-electron chi connectivity index (χ3n) is 3.36. The van der Waals surface area contributed by atoms with Crippen LogP contribution in [0.2, 0.25) is 18.1 Å². The smallest absolute Gasteiger partial charge is 0.438 e. The van der Waals surface area contributed by atoms with Crippen LogP contribution in [-0.2, 0) is 14.0 Å². The van der Waals surface area contributed by atoms with E-state index in [-0.39, 0.29) is 17.4 Å². The molecule has 0 rings (SSSR count). The Morgan fingerprint density at radius 2 is 1.85 bits per heavy atom. The van der Waals surface area contributed by atoms with E-state index in [0.717, 1.165) is 0 Å². The van der Waals surface area contributed by atoms with E-state index in [0.29, 0.717) is 12.2 Å². The van der Waals surface area contributed by atoms with Gasteiger partial charge in [0.15, 0.2) is 5.76 Å². The van der Waals surface area contributed by atoms with Crippen molar-refractivity contribution in [2.75, 3.05) is 6.61 Å². The number of rotatable bonds is 6. The summed E-state index contributed by atoms with van der Waals surface area (Å²) in [5.74, 6) is -0.367. The zero-order valence-corrected chi connectivity index (χ0v) is 14.6. The highest BCUT2D eigenvalue weighted by Crippen LogP contribution is 2.38. The summed E-state index contributed by atoms with van der Waals surface area (Å²) < 4.78 is 11.0. The van der Waals surface area contributed by atoms with Crippen molar-refractivity contribution >= 4 is 20.0 Å². The molecule has 5 nitrogen and oxygen atoms in total. The highest BCUT2D eigenvalue weighted by atomic mass is 28.4. The zero-order valence-electron chi connectivity index (χ0n) is 13.6. The van der Waals surface area contributed by atoms with Gasteiger partial charge in [-0.15, -0.1) is 0 Å². The van der Waals surface area contributed by atoms with Crippen LogP contribution in [0.15, 0.2) is 11.8 Å². The van der Waals surface area contributed by atoms with Crippen LogP contribution in [0.5, 0.6) is 0 Å². The van der Waals surface area contributed by atoms with Gasteiger partial charge in [0, 0.05) is 0 Å². The predicted octanol–water partition coefficient (Wildman–Crippen LogP) is 3.54. The van der Waals surface area contributed by atoms with E-state index >= 15 is 0 Å². The summed E-state index contributed by atoms with van der Waals surface area (Å²) in [6, 6.07) is 0. The number of hydrogen-bond acceptors (Lipinski definition) is 3. The molecule has 0 N–H and O–H groups in total. The molecular weight excluding hydrogens is 272 g/mol. The van der Waals surface area contributed by atoms with Crippen molar-refractivity contribution in [3.05, 3.63) is 17.4 Å². The average Bonchev–Trinajstić information content (AvgIpc) is 2.28. The second kappa shape index (κ2) is 7.41. The molecule has 0 heterocycles. The van der Waals surface area contributed by atoms with E-state index in [1.54, 1.807) is 13.0 Å². The van der Waals surface area contributed by atoms with Gasteiger partial charge in [0.2, 0.25) is 0 Å². The van der Waals surface area contributed by atoms with Gasteiger partial charge < -0.3 is 14.7 Å². The molecule has 0 aromatic carbocycles. The Bertz CT molecular complexity index is 430. The number of carbonyl (C=O) groups is 1. The molecule has 0 aromatic rings. The Hall–Kier alpha value is -1.39. The molecule has 0 aliphatic carbocycles. The topological polar surface area (TPSA) is 71.9 Å². The van der Waals surface area contributed by atoms with E-state index < -0.39 is 14.3 Å². The van der Waals surface area contributed by atoms with E-state index in [1.807, 2.05) is 6.92 Å². The van der Waals surface area contributed by atoms with E-state index in [9.17, 15) is 4.79 Å². The highest BCUT2D eigenvalue weighted by Gasteiger charge is 2.42. The molecule has 0 fully saturated rings. The first-order valence-electron chi connectivity index (χ1n) is 6.89. The lowest BCUT2D eigenvalue weighted by molar-refractivity contribution is -0.139. The molecule has 114 valence electrons. The molecule has 0 radical (unpaired) electrons. The van der Waals surface area contributed by atoms with Crippen LogP contribution in [-0.4, -0.2) is 31.4 Å². The summed E-state index contributed by atoms with van der Waals surface area (Å²) in [4.78, 5) is 14.9. The molecule has 0 spiro atoms. The molecule has 0 aromatic heterocycles. The van der Waals surface area contributed by atoms with Crippen molar-refractivity contribution in [1.29, 1.82) is 0 Å². The summed E-state index contributed by atoms with van der Waals surface area (Å²) >= 11 is 0. The fraction of sp³-hybridized carbons (Fsp3) is 0.714. The van der Waals surface area contributed by atoms with Crippen LogP contribution in [0.4, 0.5) is 0 Å². The lowest BCUT2D eigenvalue weighted by Crippen LogP contribution is -2.42.